The van der Waals surface area contributed by atoms with Crippen molar-refractivity contribution in [2.24, 2.45) is 5.41 Å². The number of aryl methyl sites for hydroxylation is 1. The molecule has 0 saturated carbocycles. The van der Waals surface area contributed by atoms with E-state index in [2.05, 4.69) is 41.3 Å². The summed E-state index contributed by atoms with van der Waals surface area (Å²) in [5, 5.41) is 9.84. The van der Waals surface area contributed by atoms with Crippen molar-refractivity contribution in [3.8, 4) is 0 Å². The van der Waals surface area contributed by atoms with Gasteiger partial charge in [0.2, 0.25) is 0 Å². The summed E-state index contributed by atoms with van der Waals surface area (Å²) in [5.74, 6) is -0.619. The van der Waals surface area contributed by atoms with Crippen molar-refractivity contribution in [2.45, 2.75) is 32.1 Å². The highest BCUT2D eigenvalue weighted by atomic mass is 16.4. The number of carboxylic acids is 1. The molecule has 132 valence electrons. The molecule has 0 aliphatic carbocycles. The number of nitrogens with zero attached hydrogens (tertiary/aromatic N) is 1. The number of hydrogen-bond acceptors (Lipinski definition) is 2. The fraction of sp³-hybridized carbons (Fsp3) is 0.409. The second-order valence-corrected chi connectivity index (χ2v) is 7.15. The van der Waals surface area contributed by atoms with Gasteiger partial charge < -0.3 is 10.0 Å². The van der Waals surface area contributed by atoms with Gasteiger partial charge in [0.05, 0.1) is 5.41 Å². The summed E-state index contributed by atoms with van der Waals surface area (Å²) in [7, 11) is 0. The summed E-state index contributed by atoms with van der Waals surface area (Å²) in [4.78, 5) is 14.4. The molecule has 3 nitrogen and oxygen atoms in total. The maximum absolute atomic E-state index is 12.0. The first-order valence-corrected chi connectivity index (χ1v) is 9.22. The molecule has 1 heterocycles. The van der Waals surface area contributed by atoms with Gasteiger partial charge in [-0.15, -0.1) is 0 Å². The Morgan fingerprint density at radius 2 is 1.40 bits per heavy atom. The SMILES string of the molecule is O=C(O)C1(CCc2ccccc2)CCN(CCc2ccccc2)CC1. The highest BCUT2D eigenvalue weighted by Gasteiger charge is 2.40. The van der Waals surface area contributed by atoms with Gasteiger partial charge in [-0.25, -0.2) is 0 Å². The Hall–Kier alpha value is -2.13. The first-order chi connectivity index (χ1) is 12.2. The molecule has 3 heteroatoms. The van der Waals surface area contributed by atoms with E-state index >= 15 is 0 Å². The van der Waals surface area contributed by atoms with Crippen molar-refractivity contribution in [2.75, 3.05) is 19.6 Å². The summed E-state index contributed by atoms with van der Waals surface area (Å²) in [6.45, 7) is 2.78. The van der Waals surface area contributed by atoms with Crippen LogP contribution in [0.2, 0.25) is 0 Å². The van der Waals surface area contributed by atoms with E-state index in [0.29, 0.717) is 0 Å². The minimum atomic E-state index is -0.619. The minimum Gasteiger partial charge on any atom is -0.481 e. The van der Waals surface area contributed by atoms with Crippen molar-refractivity contribution in [3.05, 3.63) is 71.8 Å². The van der Waals surface area contributed by atoms with E-state index in [1.807, 2.05) is 24.3 Å². The zero-order valence-electron chi connectivity index (χ0n) is 14.7. The molecule has 1 aliphatic heterocycles. The molecule has 0 amide bonds. The second kappa shape index (κ2) is 8.30. The predicted molar refractivity (Wildman–Crippen MR) is 101 cm³/mol. The van der Waals surface area contributed by atoms with Gasteiger partial charge in [0.15, 0.2) is 0 Å². The molecule has 0 aromatic heterocycles. The summed E-state index contributed by atoms with van der Waals surface area (Å²) < 4.78 is 0. The van der Waals surface area contributed by atoms with Crippen molar-refractivity contribution >= 4 is 5.97 Å². The van der Waals surface area contributed by atoms with Gasteiger partial charge in [0.25, 0.3) is 0 Å². The molecule has 0 radical (unpaired) electrons. The normalized spacial score (nSPS) is 17.3. The van der Waals surface area contributed by atoms with Crippen LogP contribution in [0.3, 0.4) is 0 Å². The van der Waals surface area contributed by atoms with E-state index in [1.54, 1.807) is 0 Å². The Morgan fingerprint density at radius 3 is 1.92 bits per heavy atom. The Bertz CT molecular complexity index is 661. The van der Waals surface area contributed by atoms with Crippen LogP contribution < -0.4 is 0 Å². The Kier molecular flexibility index (Phi) is 5.87. The lowest BCUT2D eigenvalue weighted by molar-refractivity contribution is -0.152. The van der Waals surface area contributed by atoms with Crippen LogP contribution in [-0.2, 0) is 17.6 Å². The summed E-state index contributed by atoms with van der Waals surface area (Å²) in [5.41, 5.74) is 2.02. The van der Waals surface area contributed by atoms with Crippen molar-refractivity contribution in [1.29, 1.82) is 0 Å². The molecule has 25 heavy (non-hydrogen) atoms. The molecular weight excluding hydrogens is 310 g/mol. The van der Waals surface area contributed by atoms with Gasteiger partial charge in [-0.3, -0.25) is 4.79 Å². The maximum atomic E-state index is 12.0. The van der Waals surface area contributed by atoms with Crippen LogP contribution in [0.25, 0.3) is 0 Å². The van der Waals surface area contributed by atoms with Gasteiger partial charge in [-0.1, -0.05) is 60.7 Å². The average Bonchev–Trinajstić information content (AvgIpc) is 2.67. The van der Waals surface area contributed by atoms with Gasteiger partial charge in [0.1, 0.15) is 0 Å². The molecule has 0 bridgehead atoms. The highest BCUT2D eigenvalue weighted by molar-refractivity contribution is 5.74. The third-order valence-corrected chi connectivity index (χ3v) is 5.56. The molecule has 0 unspecified atom stereocenters. The van der Waals surface area contributed by atoms with Crippen LogP contribution in [0.1, 0.15) is 30.4 Å². The van der Waals surface area contributed by atoms with Crippen LogP contribution in [0.15, 0.2) is 60.7 Å². The van der Waals surface area contributed by atoms with Crippen LogP contribution in [-0.4, -0.2) is 35.6 Å². The molecule has 0 spiro atoms. The smallest absolute Gasteiger partial charge is 0.309 e. The van der Waals surface area contributed by atoms with E-state index in [4.69, 9.17) is 0 Å². The summed E-state index contributed by atoms with van der Waals surface area (Å²) in [6, 6.07) is 20.7. The molecule has 2 aromatic rings. The third kappa shape index (κ3) is 4.70. The predicted octanol–water partition coefficient (Wildman–Crippen LogP) is 4.03. The first kappa shape index (κ1) is 17.7. The zero-order valence-corrected chi connectivity index (χ0v) is 14.7. The van der Waals surface area contributed by atoms with E-state index in [0.717, 1.165) is 51.7 Å². The van der Waals surface area contributed by atoms with E-state index in [9.17, 15) is 9.90 Å². The number of carboxylic acid groups (broad SMARTS) is 1. The monoisotopic (exact) mass is 337 g/mol. The molecule has 1 N–H and O–H groups in total. The lowest BCUT2D eigenvalue weighted by Crippen LogP contribution is -2.45. The third-order valence-electron chi connectivity index (χ3n) is 5.56. The number of likely N-dealkylation sites (tertiary alicyclic amines) is 1. The van der Waals surface area contributed by atoms with Crippen LogP contribution >= 0.6 is 0 Å². The molecule has 1 aliphatic rings. The standard InChI is InChI=1S/C22H27NO2/c24-21(25)22(13-11-19-7-3-1-4-8-19)14-17-23(18-15-22)16-12-20-9-5-2-6-10-20/h1-10H,11-18H2,(H,24,25). The van der Waals surface area contributed by atoms with Crippen LogP contribution in [0, 0.1) is 5.41 Å². The topological polar surface area (TPSA) is 40.5 Å². The molecule has 0 atom stereocenters. The molecule has 1 fully saturated rings. The molecule has 1 saturated heterocycles. The van der Waals surface area contributed by atoms with Crippen molar-refractivity contribution < 1.29 is 9.90 Å². The van der Waals surface area contributed by atoms with E-state index in [-0.39, 0.29) is 0 Å². The zero-order chi connectivity index (χ0) is 17.5. The largest absolute Gasteiger partial charge is 0.481 e. The van der Waals surface area contributed by atoms with Crippen molar-refractivity contribution in [1.82, 2.24) is 4.90 Å². The van der Waals surface area contributed by atoms with E-state index < -0.39 is 11.4 Å². The Labute approximate surface area is 150 Å². The lowest BCUT2D eigenvalue weighted by Gasteiger charge is -2.39. The highest BCUT2D eigenvalue weighted by Crippen LogP contribution is 2.36. The number of rotatable bonds is 7. The quantitative estimate of drug-likeness (QED) is 0.829. The van der Waals surface area contributed by atoms with Gasteiger partial charge >= 0.3 is 5.97 Å². The number of aliphatic carboxylic acids is 1. The minimum absolute atomic E-state index is 0.556. The summed E-state index contributed by atoms with van der Waals surface area (Å²) in [6.07, 6.45) is 4.12. The molecular formula is C22H27NO2. The van der Waals surface area contributed by atoms with Crippen LogP contribution in [0.5, 0.6) is 0 Å². The molecule has 3 rings (SSSR count). The number of carbonyl (C=O) groups is 1. The van der Waals surface area contributed by atoms with E-state index in [1.165, 1.54) is 11.1 Å². The number of piperidine rings is 1. The Balaban J connectivity index is 1.52. The lowest BCUT2D eigenvalue weighted by atomic mass is 9.74. The average molecular weight is 337 g/mol. The van der Waals surface area contributed by atoms with Crippen LogP contribution in [0.4, 0.5) is 0 Å². The van der Waals surface area contributed by atoms with Gasteiger partial charge in [-0.05, 0) is 56.3 Å². The summed E-state index contributed by atoms with van der Waals surface area (Å²) >= 11 is 0. The maximum Gasteiger partial charge on any atom is 0.309 e. The van der Waals surface area contributed by atoms with Gasteiger partial charge in [-0.2, -0.15) is 0 Å². The van der Waals surface area contributed by atoms with Gasteiger partial charge in [0, 0.05) is 6.54 Å². The number of hydrogen-bond donors (Lipinski definition) is 1. The fourth-order valence-corrected chi connectivity index (χ4v) is 3.74. The fourth-order valence-electron chi connectivity index (χ4n) is 3.74. The first-order valence-electron chi connectivity index (χ1n) is 9.22. The number of benzene rings is 2. The molecule has 2 aromatic carbocycles. The second-order valence-electron chi connectivity index (χ2n) is 7.15. The Morgan fingerprint density at radius 1 is 0.880 bits per heavy atom. The van der Waals surface area contributed by atoms with Crippen molar-refractivity contribution in [3.63, 3.8) is 0 Å².